The molecule has 0 bridgehead atoms. The van der Waals surface area contributed by atoms with Gasteiger partial charge in [0.15, 0.2) is 11.6 Å². The van der Waals surface area contributed by atoms with Crippen LogP contribution in [0.25, 0.3) is 0 Å². The molecule has 0 aliphatic rings. The van der Waals surface area contributed by atoms with Gasteiger partial charge >= 0.3 is 0 Å². The number of methoxy groups -OCH3 is 1. The minimum absolute atomic E-state index is 0.837. The van der Waals surface area contributed by atoms with Crippen molar-refractivity contribution < 1.29 is 4.74 Å². The van der Waals surface area contributed by atoms with Crippen molar-refractivity contribution in [2.45, 2.75) is 13.3 Å². The Morgan fingerprint density at radius 3 is 2.62 bits per heavy atom. The molecular weight excluding hydrogens is 164 g/mol. The van der Waals surface area contributed by atoms with Crippen molar-refractivity contribution in [2.24, 2.45) is 0 Å². The molecular formula is C10H16N2O. The third-order valence-electron chi connectivity index (χ3n) is 1.94. The van der Waals surface area contributed by atoms with Gasteiger partial charge in [-0.25, -0.2) is 4.98 Å². The number of pyridine rings is 1. The molecule has 0 saturated carbocycles. The Balaban J connectivity index is 3.08. The van der Waals surface area contributed by atoms with E-state index >= 15 is 0 Å². The number of nitrogens with zero attached hydrogens (tertiary/aromatic N) is 2. The maximum Gasteiger partial charge on any atom is 0.170 e. The van der Waals surface area contributed by atoms with Crippen LogP contribution >= 0.6 is 0 Å². The first-order valence-corrected chi connectivity index (χ1v) is 4.39. The van der Waals surface area contributed by atoms with Gasteiger partial charge in [0.25, 0.3) is 0 Å². The van der Waals surface area contributed by atoms with E-state index in [1.54, 1.807) is 7.11 Å². The minimum atomic E-state index is 0.837. The molecule has 1 aromatic heterocycles. The van der Waals surface area contributed by atoms with Crippen LogP contribution in [0.1, 0.15) is 12.5 Å². The second kappa shape index (κ2) is 4.12. The van der Waals surface area contributed by atoms with Crippen LogP contribution in [0.2, 0.25) is 0 Å². The molecule has 3 heteroatoms. The van der Waals surface area contributed by atoms with E-state index in [1.807, 2.05) is 31.3 Å². The fraction of sp³-hybridized carbons (Fsp3) is 0.500. The normalized spacial score (nSPS) is 9.85. The molecule has 0 N–H and O–H groups in total. The zero-order chi connectivity index (χ0) is 9.84. The third-order valence-corrected chi connectivity index (χ3v) is 1.94. The van der Waals surface area contributed by atoms with Crippen molar-refractivity contribution in [3.8, 4) is 5.75 Å². The molecule has 0 radical (unpaired) electrons. The van der Waals surface area contributed by atoms with Gasteiger partial charge in [0, 0.05) is 20.3 Å². The summed E-state index contributed by atoms with van der Waals surface area (Å²) >= 11 is 0. The van der Waals surface area contributed by atoms with E-state index in [0.717, 1.165) is 18.0 Å². The zero-order valence-corrected chi connectivity index (χ0v) is 8.66. The topological polar surface area (TPSA) is 25.4 Å². The minimum Gasteiger partial charge on any atom is -0.493 e. The largest absolute Gasteiger partial charge is 0.493 e. The highest BCUT2D eigenvalue weighted by Crippen LogP contribution is 2.24. The van der Waals surface area contributed by atoms with Gasteiger partial charge in [0.2, 0.25) is 0 Å². The van der Waals surface area contributed by atoms with Crippen molar-refractivity contribution in [2.75, 3.05) is 26.1 Å². The fourth-order valence-electron chi connectivity index (χ4n) is 1.16. The number of ether oxygens (including phenoxy) is 1. The Morgan fingerprint density at radius 2 is 2.15 bits per heavy atom. The number of aryl methyl sites for hydroxylation is 1. The van der Waals surface area contributed by atoms with Crippen molar-refractivity contribution in [3.63, 3.8) is 0 Å². The van der Waals surface area contributed by atoms with E-state index in [0.29, 0.717) is 0 Å². The molecule has 72 valence electrons. The van der Waals surface area contributed by atoms with E-state index < -0.39 is 0 Å². The van der Waals surface area contributed by atoms with Gasteiger partial charge in [-0.05, 0) is 18.1 Å². The molecule has 0 amide bonds. The lowest BCUT2D eigenvalue weighted by Crippen LogP contribution is -2.12. The van der Waals surface area contributed by atoms with Crippen molar-refractivity contribution in [1.29, 1.82) is 0 Å². The molecule has 0 aliphatic heterocycles. The molecule has 0 saturated heterocycles. The maximum absolute atomic E-state index is 5.24. The second-order valence-electron chi connectivity index (χ2n) is 3.12. The van der Waals surface area contributed by atoms with Crippen LogP contribution in [-0.2, 0) is 6.42 Å². The third kappa shape index (κ3) is 2.11. The SMILES string of the molecule is CCc1cnc(N(C)C)c(OC)c1. The van der Waals surface area contributed by atoms with Crippen LogP contribution in [0.4, 0.5) is 5.82 Å². The van der Waals surface area contributed by atoms with Crippen LogP contribution in [-0.4, -0.2) is 26.2 Å². The van der Waals surface area contributed by atoms with Gasteiger partial charge in [0.1, 0.15) is 0 Å². The summed E-state index contributed by atoms with van der Waals surface area (Å²) in [5.74, 6) is 1.71. The number of hydrogen-bond acceptors (Lipinski definition) is 3. The monoisotopic (exact) mass is 180 g/mol. The first-order valence-electron chi connectivity index (χ1n) is 4.39. The summed E-state index contributed by atoms with van der Waals surface area (Å²) in [6, 6.07) is 2.03. The Hall–Kier alpha value is -1.25. The first kappa shape index (κ1) is 9.84. The summed E-state index contributed by atoms with van der Waals surface area (Å²) in [5.41, 5.74) is 1.20. The summed E-state index contributed by atoms with van der Waals surface area (Å²) in [4.78, 5) is 6.26. The Bertz CT molecular complexity index is 284. The number of hydrogen-bond donors (Lipinski definition) is 0. The van der Waals surface area contributed by atoms with Gasteiger partial charge in [-0.15, -0.1) is 0 Å². The lowest BCUT2D eigenvalue weighted by molar-refractivity contribution is 0.413. The van der Waals surface area contributed by atoms with Gasteiger partial charge in [0.05, 0.1) is 7.11 Å². The first-order chi connectivity index (χ1) is 6.19. The number of rotatable bonds is 3. The molecule has 1 rings (SSSR count). The highest BCUT2D eigenvalue weighted by atomic mass is 16.5. The zero-order valence-electron chi connectivity index (χ0n) is 8.66. The van der Waals surface area contributed by atoms with Crippen molar-refractivity contribution in [3.05, 3.63) is 17.8 Å². The highest BCUT2D eigenvalue weighted by molar-refractivity contribution is 5.52. The Kier molecular flexibility index (Phi) is 3.12. The molecule has 3 nitrogen and oxygen atoms in total. The number of aromatic nitrogens is 1. The molecule has 13 heavy (non-hydrogen) atoms. The van der Waals surface area contributed by atoms with Crippen LogP contribution in [0.15, 0.2) is 12.3 Å². The Labute approximate surface area is 79.3 Å². The smallest absolute Gasteiger partial charge is 0.170 e. The lowest BCUT2D eigenvalue weighted by Gasteiger charge is -2.15. The molecule has 1 heterocycles. The highest BCUT2D eigenvalue weighted by Gasteiger charge is 2.06. The molecule has 0 aliphatic carbocycles. The molecule has 1 aromatic rings. The average molecular weight is 180 g/mol. The van der Waals surface area contributed by atoms with Crippen LogP contribution in [0.3, 0.4) is 0 Å². The standard InChI is InChI=1S/C10H16N2O/c1-5-8-6-9(13-4)10(11-7-8)12(2)3/h6-7H,5H2,1-4H3. The molecule has 0 spiro atoms. The van der Waals surface area contributed by atoms with Crippen LogP contribution < -0.4 is 9.64 Å². The van der Waals surface area contributed by atoms with Gasteiger partial charge in [-0.1, -0.05) is 6.92 Å². The average Bonchev–Trinajstić information content (AvgIpc) is 2.16. The quantitative estimate of drug-likeness (QED) is 0.708. The van der Waals surface area contributed by atoms with Crippen molar-refractivity contribution >= 4 is 5.82 Å². The maximum atomic E-state index is 5.24. The molecule has 0 unspecified atom stereocenters. The molecule has 0 fully saturated rings. The predicted molar refractivity (Wildman–Crippen MR) is 54.5 cm³/mol. The lowest BCUT2D eigenvalue weighted by atomic mass is 10.2. The summed E-state index contributed by atoms with van der Waals surface area (Å²) in [7, 11) is 5.58. The second-order valence-corrected chi connectivity index (χ2v) is 3.12. The Morgan fingerprint density at radius 1 is 1.46 bits per heavy atom. The molecule has 0 aromatic carbocycles. The predicted octanol–water partition coefficient (Wildman–Crippen LogP) is 1.72. The summed E-state index contributed by atoms with van der Waals surface area (Å²) < 4.78 is 5.24. The van der Waals surface area contributed by atoms with E-state index in [2.05, 4.69) is 11.9 Å². The molecule has 0 atom stereocenters. The fourth-order valence-corrected chi connectivity index (χ4v) is 1.16. The van der Waals surface area contributed by atoms with Gasteiger partial charge in [-0.2, -0.15) is 0 Å². The van der Waals surface area contributed by atoms with Crippen LogP contribution in [0.5, 0.6) is 5.75 Å². The van der Waals surface area contributed by atoms with Gasteiger partial charge < -0.3 is 9.64 Å². The van der Waals surface area contributed by atoms with E-state index in [-0.39, 0.29) is 0 Å². The van der Waals surface area contributed by atoms with E-state index in [1.165, 1.54) is 5.56 Å². The summed E-state index contributed by atoms with van der Waals surface area (Å²) in [6.07, 6.45) is 2.87. The van der Waals surface area contributed by atoms with E-state index in [4.69, 9.17) is 4.74 Å². The van der Waals surface area contributed by atoms with Gasteiger partial charge in [-0.3, -0.25) is 0 Å². The van der Waals surface area contributed by atoms with Crippen LogP contribution in [0, 0.1) is 0 Å². The van der Waals surface area contributed by atoms with E-state index in [9.17, 15) is 0 Å². The summed E-state index contributed by atoms with van der Waals surface area (Å²) in [6.45, 7) is 2.10. The summed E-state index contributed by atoms with van der Waals surface area (Å²) in [5, 5.41) is 0. The van der Waals surface area contributed by atoms with Crippen molar-refractivity contribution in [1.82, 2.24) is 4.98 Å². The number of anilines is 1.